The Morgan fingerprint density at radius 3 is 2.89 bits per heavy atom. The van der Waals surface area contributed by atoms with Crippen LogP contribution in [-0.2, 0) is 0 Å². The van der Waals surface area contributed by atoms with E-state index in [1.54, 1.807) is 6.20 Å². The van der Waals surface area contributed by atoms with Crippen molar-refractivity contribution < 1.29 is 4.74 Å². The third-order valence-electron chi connectivity index (χ3n) is 3.27. The molecule has 1 N–H and O–H groups in total. The molecular weight excluding hydrogens is 248 g/mol. The fraction of sp³-hybridized carbons (Fsp3) is 0.357. The quantitative estimate of drug-likeness (QED) is 0.903. The van der Waals surface area contributed by atoms with Crippen LogP contribution in [-0.4, -0.2) is 24.2 Å². The van der Waals surface area contributed by atoms with Gasteiger partial charge in [-0.3, -0.25) is 0 Å². The molecule has 18 heavy (non-hydrogen) atoms. The van der Waals surface area contributed by atoms with E-state index in [9.17, 15) is 0 Å². The summed E-state index contributed by atoms with van der Waals surface area (Å²) in [5, 5.41) is 6.01. The van der Waals surface area contributed by atoms with Gasteiger partial charge in [-0.15, -0.1) is 0 Å². The van der Waals surface area contributed by atoms with Gasteiger partial charge >= 0.3 is 0 Å². The van der Waals surface area contributed by atoms with E-state index in [2.05, 4.69) is 10.3 Å². The Bertz CT molecular complexity index is 547. The molecular formula is C14H15ClN2O. The zero-order chi connectivity index (χ0) is 12.4. The molecule has 1 saturated heterocycles. The maximum Gasteiger partial charge on any atom is 0.223 e. The molecule has 3 nitrogen and oxygen atoms in total. The van der Waals surface area contributed by atoms with Crippen LogP contribution in [0.15, 0.2) is 30.5 Å². The first-order chi connectivity index (χ1) is 8.84. The van der Waals surface area contributed by atoms with E-state index in [4.69, 9.17) is 16.3 Å². The number of piperidine rings is 1. The molecule has 1 aromatic carbocycles. The average molecular weight is 263 g/mol. The highest BCUT2D eigenvalue weighted by molar-refractivity contribution is 6.36. The number of ether oxygens (including phenoxy) is 1. The third kappa shape index (κ3) is 2.28. The van der Waals surface area contributed by atoms with Crippen molar-refractivity contribution in [3.8, 4) is 5.88 Å². The molecule has 1 fully saturated rings. The zero-order valence-corrected chi connectivity index (χ0v) is 10.8. The van der Waals surface area contributed by atoms with Gasteiger partial charge in [0.2, 0.25) is 5.88 Å². The van der Waals surface area contributed by atoms with Crippen LogP contribution in [0.3, 0.4) is 0 Å². The third-order valence-corrected chi connectivity index (χ3v) is 3.59. The lowest BCUT2D eigenvalue weighted by atomic mass is 10.1. The van der Waals surface area contributed by atoms with Crippen molar-refractivity contribution in [3.63, 3.8) is 0 Å². The maximum absolute atomic E-state index is 6.25. The molecule has 0 atom stereocenters. The Morgan fingerprint density at radius 2 is 2.06 bits per heavy atom. The van der Waals surface area contributed by atoms with Crippen molar-refractivity contribution in [1.82, 2.24) is 10.3 Å². The van der Waals surface area contributed by atoms with Gasteiger partial charge < -0.3 is 10.1 Å². The molecule has 0 spiro atoms. The van der Waals surface area contributed by atoms with Crippen LogP contribution in [0, 0.1) is 0 Å². The minimum absolute atomic E-state index is 0.237. The largest absolute Gasteiger partial charge is 0.474 e. The molecule has 94 valence electrons. The molecule has 0 saturated carbocycles. The van der Waals surface area contributed by atoms with E-state index in [1.165, 1.54) is 0 Å². The van der Waals surface area contributed by atoms with E-state index in [-0.39, 0.29) is 6.10 Å². The molecule has 0 radical (unpaired) electrons. The number of aromatic nitrogens is 1. The molecule has 1 aromatic heterocycles. The molecule has 1 aliphatic rings. The Labute approximate surface area is 111 Å². The fourth-order valence-corrected chi connectivity index (χ4v) is 2.58. The zero-order valence-electron chi connectivity index (χ0n) is 10.0. The number of benzene rings is 1. The summed E-state index contributed by atoms with van der Waals surface area (Å²) >= 11 is 6.25. The minimum Gasteiger partial charge on any atom is -0.474 e. The monoisotopic (exact) mass is 262 g/mol. The number of fused-ring (bicyclic) bond motifs is 1. The highest BCUT2D eigenvalue weighted by atomic mass is 35.5. The molecule has 3 rings (SSSR count). The van der Waals surface area contributed by atoms with E-state index in [1.807, 2.05) is 24.3 Å². The Balaban J connectivity index is 1.95. The average Bonchev–Trinajstić information content (AvgIpc) is 2.40. The molecule has 1 aliphatic heterocycles. The Kier molecular flexibility index (Phi) is 3.35. The Morgan fingerprint density at radius 1 is 1.22 bits per heavy atom. The first-order valence-corrected chi connectivity index (χ1v) is 6.63. The highest BCUT2D eigenvalue weighted by Gasteiger charge is 2.17. The van der Waals surface area contributed by atoms with Crippen molar-refractivity contribution in [1.29, 1.82) is 0 Å². The molecule has 0 unspecified atom stereocenters. The summed E-state index contributed by atoms with van der Waals surface area (Å²) in [6, 6.07) is 7.80. The highest BCUT2D eigenvalue weighted by Crippen LogP contribution is 2.31. The summed E-state index contributed by atoms with van der Waals surface area (Å²) in [6.45, 7) is 2.01. The van der Waals surface area contributed by atoms with Crippen LogP contribution in [0.1, 0.15) is 12.8 Å². The summed E-state index contributed by atoms with van der Waals surface area (Å²) in [6.07, 6.45) is 4.04. The normalized spacial score (nSPS) is 16.9. The van der Waals surface area contributed by atoms with Gasteiger partial charge in [-0.1, -0.05) is 23.7 Å². The van der Waals surface area contributed by atoms with Crippen LogP contribution < -0.4 is 10.1 Å². The van der Waals surface area contributed by atoms with Crippen LogP contribution in [0.2, 0.25) is 5.02 Å². The van der Waals surface area contributed by atoms with Crippen LogP contribution >= 0.6 is 11.6 Å². The molecule has 0 aliphatic carbocycles. The SMILES string of the molecule is Clc1cccc2ccnc(OC3CCNCC3)c12. The summed E-state index contributed by atoms with van der Waals surface area (Å²) < 4.78 is 6.01. The summed E-state index contributed by atoms with van der Waals surface area (Å²) in [5.74, 6) is 0.657. The molecule has 2 heterocycles. The number of halogens is 1. The number of hydrogen-bond donors (Lipinski definition) is 1. The first-order valence-electron chi connectivity index (χ1n) is 6.25. The van der Waals surface area contributed by atoms with Crippen LogP contribution in [0.5, 0.6) is 5.88 Å². The van der Waals surface area contributed by atoms with E-state index in [0.29, 0.717) is 10.9 Å². The van der Waals surface area contributed by atoms with Crippen molar-refractivity contribution in [3.05, 3.63) is 35.5 Å². The van der Waals surface area contributed by atoms with Crippen molar-refractivity contribution in [2.75, 3.05) is 13.1 Å². The molecule has 4 heteroatoms. The van der Waals surface area contributed by atoms with Gasteiger partial charge in [-0.25, -0.2) is 4.98 Å². The molecule has 2 aromatic rings. The van der Waals surface area contributed by atoms with Crippen molar-refractivity contribution >= 4 is 22.4 Å². The smallest absolute Gasteiger partial charge is 0.223 e. The number of nitrogens with one attached hydrogen (secondary N) is 1. The lowest BCUT2D eigenvalue weighted by Crippen LogP contribution is -2.34. The maximum atomic E-state index is 6.25. The van der Waals surface area contributed by atoms with E-state index in [0.717, 1.165) is 36.7 Å². The number of nitrogens with zero attached hydrogens (tertiary/aromatic N) is 1. The van der Waals surface area contributed by atoms with Crippen LogP contribution in [0.4, 0.5) is 0 Å². The second kappa shape index (κ2) is 5.12. The van der Waals surface area contributed by atoms with Crippen molar-refractivity contribution in [2.45, 2.75) is 18.9 Å². The van der Waals surface area contributed by atoms with Gasteiger partial charge in [0.1, 0.15) is 6.10 Å². The second-order valence-corrected chi connectivity index (χ2v) is 4.93. The topological polar surface area (TPSA) is 34.1 Å². The van der Waals surface area contributed by atoms with Crippen LogP contribution in [0.25, 0.3) is 10.8 Å². The fourth-order valence-electron chi connectivity index (χ4n) is 2.32. The van der Waals surface area contributed by atoms with E-state index < -0.39 is 0 Å². The summed E-state index contributed by atoms with van der Waals surface area (Å²) in [7, 11) is 0. The molecule has 0 bridgehead atoms. The first kappa shape index (κ1) is 11.8. The summed E-state index contributed by atoms with van der Waals surface area (Å²) in [5.41, 5.74) is 0. The number of pyridine rings is 1. The molecule has 0 amide bonds. The van der Waals surface area contributed by atoms with Gasteiger partial charge in [0.15, 0.2) is 0 Å². The van der Waals surface area contributed by atoms with Gasteiger partial charge in [0.25, 0.3) is 0 Å². The number of rotatable bonds is 2. The summed E-state index contributed by atoms with van der Waals surface area (Å²) in [4.78, 5) is 4.33. The Hall–Kier alpha value is -1.32. The van der Waals surface area contributed by atoms with Gasteiger partial charge in [-0.05, 0) is 43.5 Å². The lowest BCUT2D eigenvalue weighted by molar-refractivity contribution is 0.158. The number of hydrogen-bond acceptors (Lipinski definition) is 3. The predicted octanol–water partition coefficient (Wildman–Crippen LogP) is 3.02. The second-order valence-electron chi connectivity index (χ2n) is 4.52. The van der Waals surface area contributed by atoms with Crippen molar-refractivity contribution in [2.24, 2.45) is 0 Å². The lowest BCUT2D eigenvalue weighted by Gasteiger charge is -2.23. The standard InChI is InChI=1S/C14H15ClN2O/c15-12-3-1-2-10-4-9-17-14(13(10)12)18-11-5-7-16-8-6-11/h1-4,9,11,16H,5-8H2. The van der Waals surface area contributed by atoms with Gasteiger partial charge in [0, 0.05) is 6.20 Å². The van der Waals surface area contributed by atoms with E-state index >= 15 is 0 Å². The van der Waals surface area contributed by atoms with Gasteiger partial charge in [0.05, 0.1) is 10.4 Å². The predicted molar refractivity (Wildman–Crippen MR) is 73.3 cm³/mol. The van der Waals surface area contributed by atoms with Gasteiger partial charge in [-0.2, -0.15) is 0 Å². The minimum atomic E-state index is 0.237.